The van der Waals surface area contributed by atoms with E-state index < -0.39 is 0 Å². The highest BCUT2D eigenvalue weighted by atomic mass is 35.5. The van der Waals surface area contributed by atoms with E-state index in [0.29, 0.717) is 5.15 Å². The van der Waals surface area contributed by atoms with Gasteiger partial charge in [0.25, 0.3) is 0 Å². The van der Waals surface area contributed by atoms with E-state index in [0.717, 1.165) is 32.0 Å². The van der Waals surface area contributed by atoms with Crippen molar-refractivity contribution in [3.8, 4) is 0 Å². The van der Waals surface area contributed by atoms with E-state index in [1.165, 1.54) is 6.42 Å². The van der Waals surface area contributed by atoms with Crippen molar-refractivity contribution >= 4 is 17.4 Å². The molecule has 1 saturated heterocycles. The maximum absolute atomic E-state index is 5.89. The van der Waals surface area contributed by atoms with Crippen LogP contribution in [0.2, 0.25) is 5.15 Å². The van der Waals surface area contributed by atoms with E-state index in [2.05, 4.69) is 21.8 Å². The molecule has 1 aromatic rings. The largest absolute Gasteiger partial charge is 0.355 e. The molecule has 0 atom stereocenters. The maximum atomic E-state index is 5.89. The average molecular weight is 226 g/mol. The zero-order chi connectivity index (χ0) is 10.7. The van der Waals surface area contributed by atoms with Crippen molar-refractivity contribution in [2.75, 3.05) is 38.1 Å². The molecule has 1 fully saturated rings. The van der Waals surface area contributed by atoms with E-state index in [4.69, 9.17) is 11.6 Å². The van der Waals surface area contributed by atoms with Gasteiger partial charge in [0.05, 0.1) is 0 Å². The van der Waals surface area contributed by atoms with Gasteiger partial charge in [-0.05, 0) is 32.1 Å². The van der Waals surface area contributed by atoms with E-state index >= 15 is 0 Å². The number of anilines is 1. The van der Waals surface area contributed by atoms with E-state index in [-0.39, 0.29) is 0 Å². The minimum atomic E-state index is 0.574. The molecule has 0 aliphatic carbocycles. The fraction of sp³-hybridized carbons (Fsp3) is 0.545. The van der Waals surface area contributed by atoms with Gasteiger partial charge in [-0.15, -0.1) is 0 Å². The van der Waals surface area contributed by atoms with Crippen LogP contribution < -0.4 is 4.90 Å². The summed E-state index contributed by atoms with van der Waals surface area (Å²) in [7, 11) is 2.16. The van der Waals surface area contributed by atoms with Crippen molar-refractivity contribution in [1.29, 1.82) is 0 Å². The Morgan fingerprint density at radius 3 is 2.87 bits per heavy atom. The second-order valence-corrected chi connectivity index (χ2v) is 4.35. The molecule has 2 heterocycles. The fourth-order valence-electron chi connectivity index (χ4n) is 1.85. The minimum Gasteiger partial charge on any atom is -0.355 e. The monoisotopic (exact) mass is 225 g/mol. The van der Waals surface area contributed by atoms with Crippen LogP contribution in [0.1, 0.15) is 6.42 Å². The molecule has 0 saturated carbocycles. The Kier molecular flexibility index (Phi) is 3.44. The van der Waals surface area contributed by atoms with Crippen LogP contribution in [-0.4, -0.2) is 43.1 Å². The summed E-state index contributed by atoms with van der Waals surface area (Å²) in [6, 6.07) is 5.80. The first-order chi connectivity index (χ1) is 7.25. The van der Waals surface area contributed by atoms with Crippen molar-refractivity contribution in [2.24, 2.45) is 0 Å². The Bertz CT molecular complexity index is 329. The third kappa shape index (κ3) is 2.83. The molecule has 82 valence electrons. The topological polar surface area (TPSA) is 19.4 Å². The molecule has 1 aliphatic rings. The summed E-state index contributed by atoms with van der Waals surface area (Å²) in [5.41, 5.74) is 0. The van der Waals surface area contributed by atoms with Crippen LogP contribution >= 0.6 is 11.6 Å². The van der Waals surface area contributed by atoms with Gasteiger partial charge in [0.15, 0.2) is 0 Å². The number of rotatable bonds is 1. The summed E-state index contributed by atoms with van der Waals surface area (Å²) in [5.74, 6) is 0.998. The molecule has 0 unspecified atom stereocenters. The van der Waals surface area contributed by atoms with Crippen LogP contribution in [-0.2, 0) is 0 Å². The zero-order valence-corrected chi connectivity index (χ0v) is 9.74. The lowest BCUT2D eigenvalue weighted by Crippen LogP contribution is -2.29. The van der Waals surface area contributed by atoms with Crippen LogP contribution in [0, 0.1) is 0 Å². The predicted molar refractivity (Wildman–Crippen MR) is 63.6 cm³/mol. The van der Waals surface area contributed by atoms with Crippen LogP contribution in [0.15, 0.2) is 18.2 Å². The molecule has 0 N–H and O–H groups in total. The summed E-state index contributed by atoms with van der Waals surface area (Å²) in [4.78, 5) is 8.99. The summed E-state index contributed by atoms with van der Waals surface area (Å²) < 4.78 is 0. The van der Waals surface area contributed by atoms with Crippen molar-refractivity contribution < 1.29 is 0 Å². The molecule has 2 rings (SSSR count). The molecule has 0 bridgehead atoms. The summed E-state index contributed by atoms with van der Waals surface area (Å²) in [6.07, 6.45) is 1.19. The van der Waals surface area contributed by atoms with Gasteiger partial charge in [0.1, 0.15) is 11.0 Å². The van der Waals surface area contributed by atoms with Gasteiger partial charge in [-0.25, -0.2) is 4.98 Å². The SMILES string of the molecule is CN1CCCN(c2cccc(Cl)n2)CC1. The van der Waals surface area contributed by atoms with Crippen molar-refractivity contribution in [3.05, 3.63) is 23.4 Å². The van der Waals surface area contributed by atoms with Gasteiger partial charge in [0.2, 0.25) is 0 Å². The summed E-state index contributed by atoms with van der Waals surface area (Å²) in [6.45, 7) is 4.35. The number of hydrogen-bond acceptors (Lipinski definition) is 3. The predicted octanol–water partition coefficient (Wildman–Crippen LogP) is 1.88. The molecule has 0 amide bonds. The first kappa shape index (κ1) is 10.7. The molecule has 4 heteroatoms. The maximum Gasteiger partial charge on any atom is 0.131 e. The Balaban J connectivity index is 2.09. The Morgan fingerprint density at radius 1 is 1.20 bits per heavy atom. The lowest BCUT2D eigenvalue weighted by atomic mass is 10.3. The summed E-state index contributed by atoms with van der Waals surface area (Å²) in [5, 5.41) is 0.574. The number of hydrogen-bond donors (Lipinski definition) is 0. The van der Waals surface area contributed by atoms with Gasteiger partial charge in [-0.2, -0.15) is 0 Å². The molecular weight excluding hydrogens is 210 g/mol. The van der Waals surface area contributed by atoms with Gasteiger partial charge < -0.3 is 9.80 Å². The smallest absolute Gasteiger partial charge is 0.131 e. The molecule has 3 nitrogen and oxygen atoms in total. The van der Waals surface area contributed by atoms with Gasteiger partial charge in [-0.3, -0.25) is 0 Å². The van der Waals surface area contributed by atoms with Gasteiger partial charge >= 0.3 is 0 Å². The number of nitrogens with zero attached hydrogens (tertiary/aromatic N) is 3. The van der Waals surface area contributed by atoms with E-state index in [9.17, 15) is 0 Å². The van der Waals surface area contributed by atoms with Crippen LogP contribution in [0.4, 0.5) is 5.82 Å². The van der Waals surface area contributed by atoms with Gasteiger partial charge in [0, 0.05) is 19.6 Å². The standard InChI is InChI=1S/C11H16ClN3/c1-14-6-3-7-15(9-8-14)11-5-2-4-10(12)13-11/h2,4-5H,3,6-9H2,1H3. The normalized spacial score (nSPS) is 18.9. The van der Waals surface area contributed by atoms with Crippen LogP contribution in [0.3, 0.4) is 0 Å². The molecular formula is C11H16ClN3. The molecule has 15 heavy (non-hydrogen) atoms. The van der Waals surface area contributed by atoms with Crippen molar-refractivity contribution in [2.45, 2.75) is 6.42 Å². The average Bonchev–Trinajstić information content (AvgIpc) is 2.43. The fourth-order valence-corrected chi connectivity index (χ4v) is 2.01. The van der Waals surface area contributed by atoms with Gasteiger partial charge in [-0.1, -0.05) is 17.7 Å². The highest BCUT2D eigenvalue weighted by Gasteiger charge is 2.13. The first-order valence-corrected chi connectivity index (χ1v) is 5.69. The van der Waals surface area contributed by atoms with Crippen LogP contribution in [0.25, 0.3) is 0 Å². The van der Waals surface area contributed by atoms with Crippen molar-refractivity contribution in [1.82, 2.24) is 9.88 Å². The molecule has 0 spiro atoms. The second kappa shape index (κ2) is 4.81. The lowest BCUT2D eigenvalue weighted by Gasteiger charge is -2.21. The molecule has 0 radical (unpaired) electrons. The minimum absolute atomic E-state index is 0.574. The van der Waals surface area contributed by atoms with E-state index in [1.54, 1.807) is 0 Å². The van der Waals surface area contributed by atoms with Crippen LogP contribution in [0.5, 0.6) is 0 Å². The van der Waals surface area contributed by atoms with Crippen molar-refractivity contribution in [3.63, 3.8) is 0 Å². The highest BCUT2D eigenvalue weighted by Crippen LogP contribution is 2.15. The first-order valence-electron chi connectivity index (χ1n) is 5.32. The third-order valence-corrected chi connectivity index (χ3v) is 2.95. The molecule has 1 aromatic heterocycles. The zero-order valence-electron chi connectivity index (χ0n) is 8.99. The Hall–Kier alpha value is -0.800. The quantitative estimate of drug-likeness (QED) is 0.681. The number of halogens is 1. The summed E-state index contributed by atoms with van der Waals surface area (Å²) >= 11 is 5.89. The number of pyridine rings is 1. The highest BCUT2D eigenvalue weighted by molar-refractivity contribution is 6.29. The molecule has 0 aromatic carbocycles. The number of likely N-dealkylation sites (N-methyl/N-ethyl adjacent to an activating group) is 1. The molecule has 1 aliphatic heterocycles. The Morgan fingerprint density at radius 2 is 2.07 bits per heavy atom. The Labute approximate surface area is 95.7 Å². The third-order valence-electron chi connectivity index (χ3n) is 2.74. The van der Waals surface area contributed by atoms with E-state index in [1.807, 2.05) is 18.2 Å². The second-order valence-electron chi connectivity index (χ2n) is 3.96. The lowest BCUT2D eigenvalue weighted by molar-refractivity contribution is 0.360. The number of aromatic nitrogens is 1.